The zero-order chi connectivity index (χ0) is 23.4. The summed E-state index contributed by atoms with van der Waals surface area (Å²) >= 11 is 1.31. The number of carbonyl (C=O) groups is 2. The minimum atomic E-state index is -0.354. The van der Waals surface area contributed by atoms with Crippen LogP contribution < -0.4 is 5.73 Å². The molecular formula is C23H31FN6O2S. The van der Waals surface area contributed by atoms with E-state index in [1.807, 2.05) is 4.57 Å². The molecule has 4 rings (SSSR count). The maximum atomic E-state index is 13.6. The van der Waals surface area contributed by atoms with E-state index >= 15 is 0 Å². The average molecular weight is 475 g/mol. The lowest BCUT2D eigenvalue weighted by atomic mass is 9.97. The summed E-state index contributed by atoms with van der Waals surface area (Å²) in [6.07, 6.45) is 5.06. The van der Waals surface area contributed by atoms with Crippen LogP contribution in [0.5, 0.6) is 0 Å². The number of halogens is 1. The van der Waals surface area contributed by atoms with Gasteiger partial charge in [-0.1, -0.05) is 18.2 Å². The highest BCUT2D eigenvalue weighted by atomic mass is 32.2. The van der Waals surface area contributed by atoms with Gasteiger partial charge in [-0.25, -0.2) is 4.39 Å². The van der Waals surface area contributed by atoms with Crippen LogP contribution in [0.15, 0.2) is 29.4 Å². The van der Waals surface area contributed by atoms with E-state index in [2.05, 4.69) is 22.0 Å². The molecule has 1 aromatic carbocycles. The van der Waals surface area contributed by atoms with Crippen LogP contribution in [-0.2, 0) is 9.59 Å². The number of carbonyl (C=O) groups excluding carboxylic acids is 2. The topological polar surface area (TPSA) is 97.4 Å². The first-order valence-corrected chi connectivity index (χ1v) is 12.6. The lowest BCUT2D eigenvalue weighted by molar-refractivity contribution is -0.132. The van der Waals surface area contributed by atoms with Crippen molar-refractivity contribution in [2.24, 2.45) is 11.7 Å². The Bertz CT molecular complexity index is 976. The third kappa shape index (κ3) is 5.55. The van der Waals surface area contributed by atoms with Gasteiger partial charge in [-0.15, -0.1) is 10.2 Å². The molecular weight excluding hydrogens is 443 g/mol. The Morgan fingerprint density at radius 2 is 1.85 bits per heavy atom. The second-order valence-corrected chi connectivity index (χ2v) is 9.74. The van der Waals surface area contributed by atoms with E-state index in [0.29, 0.717) is 18.2 Å². The fourth-order valence-corrected chi connectivity index (χ4v) is 5.46. The molecule has 0 aliphatic carbocycles. The van der Waals surface area contributed by atoms with Gasteiger partial charge in [0.15, 0.2) is 11.0 Å². The minimum absolute atomic E-state index is 0.0475. The summed E-state index contributed by atoms with van der Waals surface area (Å²) in [5.41, 5.74) is 6.21. The molecule has 8 nitrogen and oxygen atoms in total. The average Bonchev–Trinajstić information content (AvgIpc) is 3.27. The van der Waals surface area contributed by atoms with Gasteiger partial charge < -0.3 is 10.6 Å². The van der Waals surface area contributed by atoms with E-state index in [-0.39, 0.29) is 35.3 Å². The van der Waals surface area contributed by atoms with E-state index in [4.69, 9.17) is 5.73 Å². The number of nitrogens with two attached hydrogens (primary N) is 1. The number of thioether (sulfide) groups is 1. The van der Waals surface area contributed by atoms with Crippen molar-refractivity contribution in [1.29, 1.82) is 0 Å². The van der Waals surface area contributed by atoms with Crippen LogP contribution in [0.3, 0.4) is 0 Å². The van der Waals surface area contributed by atoms with Crippen LogP contribution in [-0.4, -0.2) is 68.3 Å². The number of hydrogen-bond acceptors (Lipinski definition) is 6. The first kappa shape index (κ1) is 23.7. The van der Waals surface area contributed by atoms with Crippen molar-refractivity contribution in [2.45, 2.75) is 50.2 Å². The van der Waals surface area contributed by atoms with Gasteiger partial charge in [-0.2, -0.15) is 0 Å². The zero-order valence-corrected chi connectivity index (χ0v) is 19.8. The summed E-state index contributed by atoms with van der Waals surface area (Å²) < 4.78 is 15.5. The van der Waals surface area contributed by atoms with Crippen LogP contribution >= 0.6 is 11.8 Å². The molecule has 2 atom stereocenters. The summed E-state index contributed by atoms with van der Waals surface area (Å²) in [6.45, 7) is 5.14. The van der Waals surface area contributed by atoms with Crippen LogP contribution in [0.4, 0.5) is 4.39 Å². The summed E-state index contributed by atoms with van der Waals surface area (Å²) in [7, 11) is 0. The largest absolute Gasteiger partial charge is 0.369 e. The van der Waals surface area contributed by atoms with Crippen molar-refractivity contribution in [2.75, 3.05) is 31.9 Å². The molecule has 0 bridgehead atoms. The lowest BCUT2D eigenvalue weighted by Crippen LogP contribution is -2.44. The molecule has 10 heteroatoms. The Kier molecular flexibility index (Phi) is 7.64. The van der Waals surface area contributed by atoms with Gasteiger partial charge in [0, 0.05) is 18.8 Å². The van der Waals surface area contributed by atoms with Crippen molar-refractivity contribution >= 4 is 23.6 Å². The highest BCUT2D eigenvalue weighted by Gasteiger charge is 2.29. The third-order valence-electron chi connectivity index (χ3n) is 6.56. The minimum Gasteiger partial charge on any atom is -0.369 e. The van der Waals surface area contributed by atoms with Crippen molar-refractivity contribution in [3.63, 3.8) is 0 Å². The number of rotatable bonds is 7. The molecule has 1 aromatic heterocycles. The number of piperidine rings is 2. The zero-order valence-electron chi connectivity index (χ0n) is 19.0. The van der Waals surface area contributed by atoms with E-state index in [9.17, 15) is 14.0 Å². The van der Waals surface area contributed by atoms with E-state index in [0.717, 1.165) is 50.3 Å². The Balaban J connectivity index is 1.53. The molecule has 2 aliphatic heterocycles. The Morgan fingerprint density at radius 3 is 2.55 bits per heavy atom. The molecule has 2 aromatic rings. The van der Waals surface area contributed by atoms with Crippen LogP contribution in [0.25, 0.3) is 5.69 Å². The van der Waals surface area contributed by atoms with Crippen molar-refractivity contribution in [3.05, 3.63) is 35.9 Å². The SMILES string of the molecule is CC(c1nnc(SCC(=O)N2CCCC(C(N)=O)C2)n1-c1ccc(F)cc1)N1CCCCC1. The lowest BCUT2D eigenvalue weighted by Gasteiger charge is -2.32. The number of primary amides is 1. The van der Waals surface area contributed by atoms with Gasteiger partial charge >= 0.3 is 0 Å². The number of aromatic nitrogens is 3. The highest BCUT2D eigenvalue weighted by Crippen LogP contribution is 2.30. The van der Waals surface area contributed by atoms with Gasteiger partial charge in [-0.05, 0) is 70.0 Å². The quantitative estimate of drug-likeness (QED) is 0.620. The van der Waals surface area contributed by atoms with Gasteiger partial charge in [-0.3, -0.25) is 19.1 Å². The highest BCUT2D eigenvalue weighted by molar-refractivity contribution is 7.99. The maximum Gasteiger partial charge on any atom is 0.233 e. The van der Waals surface area contributed by atoms with E-state index in [1.165, 1.54) is 30.3 Å². The number of amides is 2. The van der Waals surface area contributed by atoms with Gasteiger partial charge in [0.25, 0.3) is 0 Å². The van der Waals surface area contributed by atoms with Crippen LogP contribution in [0.2, 0.25) is 0 Å². The molecule has 2 N–H and O–H groups in total. The maximum absolute atomic E-state index is 13.6. The Morgan fingerprint density at radius 1 is 1.12 bits per heavy atom. The fraction of sp³-hybridized carbons (Fsp3) is 0.565. The normalized spacial score (nSPS) is 20.5. The second-order valence-electron chi connectivity index (χ2n) is 8.80. The summed E-state index contributed by atoms with van der Waals surface area (Å²) in [4.78, 5) is 28.5. The first-order valence-electron chi connectivity index (χ1n) is 11.6. The smallest absolute Gasteiger partial charge is 0.233 e. The number of hydrogen-bond donors (Lipinski definition) is 1. The third-order valence-corrected chi connectivity index (χ3v) is 7.47. The monoisotopic (exact) mass is 474 g/mol. The summed E-state index contributed by atoms with van der Waals surface area (Å²) in [5.74, 6) is -0.0328. The Labute approximate surface area is 197 Å². The van der Waals surface area contributed by atoms with Crippen LogP contribution in [0, 0.1) is 11.7 Å². The molecule has 2 amide bonds. The van der Waals surface area contributed by atoms with Gasteiger partial charge in [0.1, 0.15) is 5.82 Å². The number of benzene rings is 1. The first-order chi connectivity index (χ1) is 15.9. The molecule has 2 aliphatic rings. The summed E-state index contributed by atoms with van der Waals surface area (Å²) in [6, 6.07) is 6.30. The molecule has 0 saturated carbocycles. The standard InChI is InChI=1S/C23H31FN6O2S/c1-16(28-11-3-2-4-12-28)22-26-27-23(30(22)19-9-7-18(24)8-10-19)33-15-20(31)29-13-5-6-17(14-29)21(25)32/h7-10,16-17H,2-6,11-15H2,1H3,(H2,25,32). The fourth-order valence-electron chi connectivity index (χ4n) is 4.60. The molecule has 3 heterocycles. The molecule has 2 unspecified atom stereocenters. The van der Waals surface area contributed by atoms with Crippen molar-refractivity contribution < 1.29 is 14.0 Å². The van der Waals surface area contributed by atoms with Crippen molar-refractivity contribution in [3.8, 4) is 5.69 Å². The molecule has 178 valence electrons. The van der Waals surface area contributed by atoms with Gasteiger partial charge in [0.05, 0.1) is 17.7 Å². The summed E-state index contributed by atoms with van der Waals surface area (Å²) in [5, 5.41) is 9.48. The predicted molar refractivity (Wildman–Crippen MR) is 124 cm³/mol. The molecule has 2 fully saturated rings. The molecule has 33 heavy (non-hydrogen) atoms. The van der Waals surface area contributed by atoms with E-state index < -0.39 is 0 Å². The molecule has 0 radical (unpaired) electrons. The Hall–Kier alpha value is -2.46. The number of likely N-dealkylation sites (tertiary alicyclic amines) is 2. The van der Waals surface area contributed by atoms with Crippen LogP contribution in [0.1, 0.15) is 50.9 Å². The second kappa shape index (κ2) is 10.6. The molecule has 2 saturated heterocycles. The number of nitrogens with zero attached hydrogens (tertiary/aromatic N) is 5. The predicted octanol–water partition coefficient (Wildman–Crippen LogP) is 2.77. The van der Waals surface area contributed by atoms with Gasteiger partial charge in [0.2, 0.25) is 11.8 Å². The van der Waals surface area contributed by atoms with E-state index in [1.54, 1.807) is 17.0 Å². The molecule has 0 spiro atoms. The van der Waals surface area contributed by atoms with Crippen molar-refractivity contribution in [1.82, 2.24) is 24.6 Å².